The monoisotopic (exact) mass is 208 g/mol. The molecule has 84 valence electrons. The van der Waals surface area contributed by atoms with Gasteiger partial charge in [-0.25, -0.2) is 0 Å². The minimum atomic E-state index is 0.333. The van der Waals surface area contributed by atoms with E-state index in [9.17, 15) is 0 Å². The molecule has 1 fully saturated rings. The standard InChI is InChI=1S/C12H20N2O/c1-12(13-2)5-7-14(8-6-12)10-11-4-3-9-15-11/h3-4,9,13H,5-8,10H2,1-2H3. The number of hydrogen-bond acceptors (Lipinski definition) is 3. The van der Waals surface area contributed by atoms with E-state index in [0.717, 1.165) is 25.4 Å². The Morgan fingerprint density at radius 2 is 2.20 bits per heavy atom. The predicted octanol–water partition coefficient (Wildman–Crippen LogP) is 1.85. The summed E-state index contributed by atoms with van der Waals surface area (Å²) in [6, 6.07) is 4.00. The van der Waals surface area contributed by atoms with Crippen LogP contribution in [0.5, 0.6) is 0 Å². The lowest BCUT2D eigenvalue weighted by atomic mass is 9.90. The van der Waals surface area contributed by atoms with E-state index in [1.165, 1.54) is 12.8 Å². The van der Waals surface area contributed by atoms with Gasteiger partial charge >= 0.3 is 0 Å². The van der Waals surface area contributed by atoms with Crippen molar-refractivity contribution >= 4 is 0 Å². The highest BCUT2D eigenvalue weighted by atomic mass is 16.3. The molecule has 0 amide bonds. The van der Waals surface area contributed by atoms with Gasteiger partial charge in [0.15, 0.2) is 0 Å². The zero-order valence-electron chi connectivity index (χ0n) is 9.62. The largest absolute Gasteiger partial charge is 0.468 e. The fourth-order valence-corrected chi connectivity index (χ4v) is 2.08. The second kappa shape index (κ2) is 4.37. The third-order valence-corrected chi connectivity index (χ3v) is 3.52. The summed E-state index contributed by atoms with van der Waals surface area (Å²) >= 11 is 0. The molecule has 1 aliphatic heterocycles. The molecule has 0 aliphatic carbocycles. The van der Waals surface area contributed by atoms with E-state index in [0.29, 0.717) is 5.54 Å². The van der Waals surface area contributed by atoms with Crippen LogP contribution >= 0.6 is 0 Å². The Bertz CT molecular complexity index is 287. The fraction of sp³-hybridized carbons (Fsp3) is 0.667. The molecule has 0 saturated carbocycles. The maximum absolute atomic E-state index is 5.36. The van der Waals surface area contributed by atoms with Crippen LogP contribution < -0.4 is 5.32 Å². The normalized spacial score (nSPS) is 21.7. The van der Waals surface area contributed by atoms with Crippen molar-refractivity contribution in [2.45, 2.75) is 31.8 Å². The van der Waals surface area contributed by atoms with Crippen molar-refractivity contribution in [3.63, 3.8) is 0 Å². The molecular formula is C12H20N2O. The average molecular weight is 208 g/mol. The molecule has 1 aromatic rings. The topological polar surface area (TPSA) is 28.4 Å². The van der Waals surface area contributed by atoms with Crippen LogP contribution in [-0.4, -0.2) is 30.6 Å². The van der Waals surface area contributed by atoms with Crippen molar-refractivity contribution in [3.8, 4) is 0 Å². The van der Waals surface area contributed by atoms with Gasteiger partial charge in [0.1, 0.15) is 5.76 Å². The molecule has 1 saturated heterocycles. The van der Waals surface area contributed by atoms with Gasteiger partial charge in [-0.3, -0.25) is 4.90 Å². The van der Waals surface area contributed by atoms with Crippen molar-refractivity contribution in [2.24, 2.45) is 0 Å². The molecule has 15 heavy (non-hydrogen) atoms. The van der Waals surface area contributed by atoms with E-state index in [-0.39, 0.29) is 0 Å². The van der Waals surface area contributed by atoms with Gasteiger partial charge in [-0.15, -0.1) is 0 Å². The zero-order valence-corrected chi connectivity index (χ0v) is 9.62. The maximum Gasteiger partial charge on any atom is 0.117 e. The van der Waals surface area contributed by atoms with Gasteiger partial charge in [0.05, 0.1) is 12.8 Å². The van der Waals surface area contributed by atoms with Crippen LogP contribution in [0.15, 0.2) is 22.8 Å². The predicted molar refractivity (Wildman–Crippen MR) is 60.7 cm³/mol. The Morgan fingerprint density at radius 1 is 1.47 bits per heavy atom. The van der Waals surface area contributed by atoms with Crippen LogP contribution in [0.25, 0.3) is 0 Å². The molecule has 0 bridgehead atoms. The number of furan rings is 1. The summed E-state index contributed by atoms with van der Waals surface area (Å²) in [7, 11) is 2.06. The summed E-state index contributed by atoms with van der Waals surface area (Å²) in [6.07, 6.45) is 4.17. The summed E-state index contributed by atoms with van der Waals surface area (Å²) in [6.45, 7) is 5.56. The van der Waals surface area contributed by atoms with Crippen molar-refractivity contribution in [1.82, 2.24) is 10.2 Å². The summed E-state index contributed by atoms with van der Waals surface area (Å²) in [5.41, 5.74) is 0.333. The summed E-state index contributed by atoms with van der Waals surface area (Å²) < 4.78 is 5.36. The Kier molecular flexibility index (Phi) is 3.12. The van der Waals surface area contributed by atoms with E-state index in [2.05, 4.69) is 24.2 Å². The second-order valence-electron chi connectivity index (χ2n) is 4.67. The number of nitrogens with zero attached hydrogens (tertiary/aromatic N) is 1. The van der Waals surface area contributed by atoms with Gasteiger partial charge < -0.3 is 9.73 Å². The molecule has 1 aliphatic rings. The third-order valence-electron chi connectivity index (χ3n) is 3.52. The van der Waals surface area contributed by atoms with Crippen LogP contribution in [0.2, 0.25) is 0 Å². The molecule has 0 aromatic carbocycles. The van der Waals surface area contributed by atoms with Crippen LogP contribution in [0.4, 0.5) is 0 Å². The van der Waals surface area contributed by atoms with Crippen LogP contribution in [0, 0.1) is 0 Å². The van der Waals surface area contributed by atoms with Crippen LogP contribution in [-0.2, 0) is 6.54 Å². The van der Waals surface area contributed by atoms with Crippen LogP contribution in [0.1, 0.15) is 25.5 Å². The van der Waals surface area contributed by atoms with E-state index >= 15 is 0 Å². The first-order valence-electron chi connectivity index (χ1n) is 5.65. The molecule has 0 spiro atoms. The molecule has 2 heterocycles. The SMILES string of the molecule is CNC1(C)CCN(Cc2ccco2)CC1. The number of rotatable bonds is 3. The Balaban J connectivity index is 1.84. The Morgan fingerprint density at radius 3 is 2.73 bits per heavy atom. The average Bonchev–Trinajstić information content (AvgIpc) is 2.75. The van der Waals surface area contributed by atoms with Gasteiger partial charge in [0.2, 0.25) is 0 Å². The molecule has 1 aromatic heterocycles. The van der Waals surface area contributed by atoms with E-state index < -0.39 is 0 Å². The highest BCUT2D eigenvalue weighted by Gasteiger charge is 2.28. The first kappa shape index (κ1) is 10.7. The number of hydrogen-bond donors (Lipinski definition) is 1. The van der Waals surface area contributed by atoms with Gasteiger partial charge in [-0.1, -0.05) is 0 Å². The lowest BCUT2D eigenvalue weighted by molar-refractivity contribution is 0.138. The quantitative estimate of drug-likeness (QED) is 0.821. The maximum atomic E-state index is 5.36. The van der Waals surface area contributed by atoms with E-state index in [1.54, 1.807) is 6.26 Å². The molecule has 3 heteroatoms. The van der Waals surface area contributed by atoms with Gasteiger partial charge in [-0.2, -0.15) is 0 Å². The number of likely N-dealkylation sites (tertiary alicyclic amines) is 1. The van der Waals surface area contributed by atoms with Crippen LogP contribution in [0.3, 0.4) is 0 Å². The summed E-state index contributed by atoms with van der Waals surface area (Å²) in [4.78, 5) is 2.46. The van der Waals surface area contributed by atoms with E-state index in [1.807, 2.05) is 12.1 Å². The molecule has 0 atom stereocenters. The summed E-state index contributed by atoms with van der Waals surface area (Å²) in [5.74, 6) is 1.07. The minimum absolute atomic E-state index is 0.333. The first-order chi connectivity index (χ1) is 7.22. The molecule has 2 rings (SSSR count). The molecule has 0 radical (unpaired) electrons. The summed E-state index contributed by atoms with van der Waals surface area (Å²) in [5, 5.41) is 3.41. The van der Waals surface area contributed by atoms with Gasteiger partial charge in [0.25, 0.3) is 0 Å². The van der Waals surface area contributed by atoms with Crippen molar-refractivity contribution in [3.05, 3.63) is 24.2 Å². The molecular weight excluding hydrogens is 188 g/mol. The number of piperidine rings is 1. The fourth-order valence-electron chi connectivity index (χ4n) is 2.08. The molecule has 3 nitrogen and oxygen atoms in total. The number of nitrogens with one attached hydrogen (secondary N) is 1. The van der Waals surface area contributed by atoms with Crippen molar-refractivity contribution in [1.29, 1.82) is 0 Å². The minimum Gasteiger partial charge on any atom is -0.468 e. The van der Waals surface area contributed by atoms with E-state index in [4.69, 9.17) is 4.42 Å². The highest BCUT2D eigenvalue weighted by molar-refractivity contribution is 4.99. The first-order valence-corrected chi connectivity index (χ1v) is 5.65. The third kappa shape index (κ3) is 2.61. The Labute approximate surface area is 91.4 Å². The highest BCUT2D eigenvalue weighted by Crippen LogP contribution is 2.22. The van der Waals surface area contributed by atoms with Crippen molar-refractivity contribution in [2.75, 3.05) is 20.1 Å². The van der Waals surface area contributed by atoms with Crippen molar-refractivity contribution < 1.29 is 4.42 Å². The Hall–Kier alpha value is -0.800. The lowest BCUT2D eigenvalue weighted by Crippen LogP contribution is -2.49. The molecule has 1 N–H and O–H groups in total. The second-order valence-corrected chi connectivity index (χ2v) is 4.67. The smallest absolute Gasteiger partial charge is 0.117 e. The zero-order chi connectivity index (χ0) is 10.7. The molecule has 0 unspecified atom stereocenters. The lowest BCUT2D eigenvalue weighted by Gasteiger charge is -2.38. The van der Waals surface area contributed by atoms with Gasteiger partial charge in [-0.05, 0) is 38.9 Å². The van der Waals surface area contributed by atoms with Gasteiger partial charge in [0, 0.05) is 18.6 Å².